The summed E-state index contributed by atoms with van der Waals surface area (Å²) in [5.41, 5.74) is 10.8. The summed E-state index contributed by atoms with van der Waals surface area (Å²) in [6.07, 6.45) is 0.993. The molecule has 0 saturated heterocycles. The van der Waals surface area contributed by atoms with Crippen molar-refractivity contribution in [3.05, 3.63) is 70.5 Å². The topological polar surface area (TPSA) is 26.0 Å². The maximum Gasteiger partial charge on any atom is 0.123 e. The van der Waals surface area contributed by atoms with E-state index < -0.39 is 0 Å². The number of fused-ring (bicyclic) bond motifs is 1. The lowest BCUT2D eigenvalue weighted by atomic mass is 9.72. The summed E-state index contributed by atoms with van der Waals surface area (Å²) in [7, 11) is 0. The van der Waals surface area contributed by atoms with Crippen LogP contribution in [0, 0.1) is 12.7 Å². The summed E-state index contributed by atoms with van der Waals surface area (Å²) >= 11 is 0. The van der Waals surface area contributed by atoms with Gasteiger partial charge in [0.15, 0.2) is 0 Å². The minimum absolute atomic E-state index is 0.116. The smallest absolute Gasteiger partial charge is 0.123 e. The van der Waals surface area contributed by atoms with Gasteiger partial charge >= 0.3 is 0 Å². The molecule has 2 heteroatoms. The van der Waals surface area contributed by atoms with Gasteiger partial charge in [-0.3, -0.25) is 0 Å². The lowest BCUT2D eigenvalue weighted by Gasteiger charge is -2.35. The molecule has 2 N–H and O–H groups in total. The predicted octanol–water partition coefficient (Wildman–Crippen LogP) is 3.47. The molecule has 0 spiro atoms. The molecule has 1 nitrogen and oxygen atoms in total. The Hall–Kier alpha value is -1.67. The van der Waals surface area contributed by atoms with E-state index in [0.717, 1.165) is 17.5 Å². The molecule has 0 aromatic heterocycles. The molecule has 0 saturated carbocycles. The first-order valence-electron chi connectivity index (χ1n) is 6.25. The van der Waals surface area contributed by atoms with E-state index in [1.807, 2.05) is 25.1 Å². The lowest BCUT2D eigenvalue weighted by Crippen LogP contribution is -2.29. The van der Waals surface area contributed by atoms with Crippen molar-refractivity contribution in [2.24, 2.45) is 5.73 Å². The molecule has 0 heterocycles. The van der Waals surface area contributed by atoms with Gasteiger partial charge in [0.1, 0.15) is 5.82 Å². The van der Waals surface area contributed by atoms with Crippen LogP contribution < -0.4 is 5.73 Å². The van der Waals surface area contributed by atoms with E-state index in [0.29, 0.717) is 5.92 Å². The average Bonchev–Trinajstić information content (AvgIpc) is 2.29. The Balaban J connectivity index is 1.91. The van der Waals surface area contributed by atoms with Gasteiger partial charge in [-0.25, -0.2) is 4.39 Å². The van der Waals surface area contributed by atoms with Gasteiger partial charge in [0.2, 0.25) is 0 Å². The van der Waals surface area contributed by atoms with Gasteiger partial charge in [-0.05, 0) is 47.7 Å². The van der Waals surface area contributed by atoms with E-state index in [-0.39, 0.29) is 11.9 Å². The molecule has 0 amide bonds. The Bertz CT molecular complexity index is 571. The average molecular weight is 241 g/mol. The summed E-state index contributed by atoms with van der Waals surface area (Å²) in [4.78, 5) is 0. The SMILES string of the molecule is Cc1cc(F)cc(C(N)C2Cc3ccccc32)c1. The van der Waals surface area contributed by atoms with Gasteiger partial charge < -0.3 is 5.73 Å². The lowest BCUT2D eigenvalue weighted by molar-refractivity contribution is 0.496. The van der Waals surface area contributed by atoms with Crippen LogP contribution in [0.3, 0.4) is 0 Å². The molecular weight excluding hydrogens is 225 g/mol. The first kappa shape index (κ1) is 11.4. The Morgan fingerprint density at radius 3 is 2.72 bits per heavy atom. The van der Waals surface area contributed by atoms with Crippen molar-refractivity contribution < 1.29 is 4.39 Å². The number of benzene rings is 2. The number of hydrogen-bond donors (Lipinski definition) is 1. The number of nitrogens with two attached hydrogens (primary N) is 1. The third-order valence-electron chi connectivity index (χ3n) is 3.78. The van der Waals surface area contributed by atoms with Gasteiger partial charge in [0, 0.05) is 12.0 Å². The van der Waals surface area contributed by atoms with E-state index in [1.54, 1.807) is 6.07 Å². The second-order valence-corrected chi connectivity index (χ2v) is 5.10. The van der Waals surface area contributed by atoms with E-state index in [2.05, 4.69) is 12.1 Å². The number of hydrogen-bond acceptors (Lipinski definition) is 1. The second-order valence-electron chi connectivity index (χ2n) is 5.10. The molecule has 0 aliphatic heterocycles. The Morgan fingerprint density at radius 1 is 1.22 bits per heavy atom. The standard InChI is InChI=1S/C16H16FN/c1-10-6-12(8-13(17)7-10)16(18)15-9-11-4-2-3-5-14(11)15/h2-8,15-16H,9,18H2,1H3. The number of halogens is 1. The van der Waals surface area contributed by atoms with Crippen LogP contribution in [0.25, 0.3) is 0 Å². The van der Waals surface area contributed by atoms with E-state index >= 15 is 0 Å². The van der Waals surface area contributed by atoms with Crippen molar-refractivity contribution in [1.82, 2.24) is 0 Å². The molecular formula is C16H16FN. The molecule has 0 bridgehead atoms. The Kier molecular flexibility index (Phi) is 2.67. The maximum absolute atomic E-state index is 13.4. The highest BCUT2D eigenvalue weighted by Crippen LogP contribution is 2.42. The van der Waals surface area contributed by atoms with Crippen LogP contribution in [-0.2, 0) is 6.42 Å². The third kappa shape index (κ3) is 1.83. The normalized spacial score (nSPS) is 18.9. The third-order valence-corrected chi connectivity index (χ3v) is 3.78. The molecule has 2 atom stereocenters. The van der Waals surface area contributed by atoms with Crippen LogP contribution in [-0.4, -0.2) is 0 Å². The monoisotopic (exact) mass is 241 g/mol. The van der Waals surface area contributed by atoms with Crippen LogP contribution >= 0.6 is 0 Å². The molecule has 18 heavy (non-hydrogen) atoms. The molecule has 2 aromatic rings. The molecule has 0 radical (unpaired) electrons. The van der Waals surface area contributed by atoms with Crippen molar-refractivity contribution in [3.63, 3.8) is 0 Å². The zero-order valence-corrected chi connectivity index (χ0v) is 10.4. The maximum atomic E-state index is 13.4. The number of rotatable bonds is 2. The van der Waals surface area contributed by atoms with Crippen molar-refractivity contribution >= 4 is 0 Å². The minimum Gasteiger partial charge on any atom is -0.323 e. The fourth-order valence-electron chi connectivity index (χ4n) is 2.81. The highest BCUT2D eigenvalue weighted by molar-refractivity contribution is 5.43. The quantitative estimate of drug-likeness (QED) is 0.856. The predicted molar refractivity (Wildman–Crippen MR) is 71.0 cm³/mol. The van der Waals surface area contributed by atoms with Crippen LogP contribution in [0.5, 0.6) is 0 Å². The molecule has 3 rings (SSSR count). The Labute approximate surface area is 106 Å². The molecule has 1 aliphatic rings. The van der Waals surface area contributed by atoms with Crippen molar-refractivity contribution in [1.29, 1.82) is 0 Å². The fourth-order valence-corrected chi connectivity index (χ4v) is 2.81. The summed E-state index contributed by atoms with van der Waals surface area (Å²) in [6.45, 7) is 1.90. The van der Waals surface area contributed by atoms with Crippen molar-refractivity contribution in [2.45, 2.75) is 25.3 Å². The first-order chi connectivity index (χ1) is 8.65. The molecule has 92 valence electrons. The van der Waals surface area contributed by atoms with Gasteiger partial charge in [-0.1, -0.05) is 30.3 Å². The zero-order valence-electron chi connectivity index (χ0n) is 10.4. The van der Waals surface area contributed by atoms with Crippen LogP contribution in [0.4, 0.5) is 4.39 Å². The van der Waals surface area contributed by atoms with Gasteiger partial charge in [-0.15, -0.1) is 0 Å². The minimum atomic E-state index is -0.201. The highest BCUT2D eigenvalue weighted by Gasteiger charge is 2.31. The van der Waals surface area contributed by atoms with E-state index in [9.17, 15) is 4.39 Å². The van der Waals surface area contributed by atoms with E-state index in [4.69, 9.17) is 5.73 Å². The summed E-state index contributed by atoms with van der Waals surface area (Å²) < 4.78 is 13.4. The molecule has 1 aliphatic carbocycles. The largest absolute Gasteiger partial charge is 0.323 e. The van der Waals surface area contributed by atoms with Crippen LogP contribution in [0.1, 0.15) is 34.2 Å². The fraction of sp³-hybridized carbons (Fsp3) is 0.250. The van der Waals surface area contributed by atoms with Crippen LogP contribution in [0.2, 0.25) is 0 Å². The molecule has 0 fully saturated rings. The van der Waals surface area contributed by atoms with Gasteiger partial charge in [0.05, 0.1) is 0 Å². The van der Waals surface area contributed by atoms with Crippen molar-refractivity contribution in [2.75, 3.05) is 0 Å². The number of aryl methyl sites for hydroxylation is 1. The molecule has 2 unspecified atom stereocenters. The Morgan fingerprint density at radius 2 is 2.00 bits per heavy atom. The van der Waals surface area contributed by atoms with E-state index in [1.165, 1.54) is 17.2 Å². The van der Waals surface area contributed by atoms with Crippen LogP contribution in [0.15, 0.2) is 42.5 Å². The molecule has 2 aromatic carbocycles. The second kappa shape index (κ2) is 4.21. The first-order valence-corrected chi connectivity index (χ1v) is 6.25. The van der Waals surface area contributed by atoms with Gasteiger partial charge in [0.25, 0.3) is 0 Å². The summed E-state index contributed by atoms with van der Waals surface area (Å²) in [5.74, 6) is 0.121. The highest BCUT2D eigenvalue weighted by atomic mass is 19.1. The summed E-state index contributed by atoms with van der Waals surface area (Å²) in [5, 5.41) is 0. The zero-order chi connectivity index (χ0) is 12.7. The van der Waals surface area contributed by atoms with Gasteiger partial charge in [-0.2, -0.15) is 0 Å². The summed E-state index contributed by atoms with van der Waals surface area (Å²) in [6, 6.07) is 13.3. The van der Waals surface area contributed by atoms with Crippen molar-refractivity contribution in [3.8, 4) is 0 Å².